The average Bonchev–Trinajstić information content (AvgIpc) is 2.87. The average molecular weight is 178 g/mol. The molecule has 0 aliphatic heterocycles. The van der Waals surface area contributed by atoms with Gasteiger partial charge in [-0.25, -0.2) is 9.97 Å². The Labute approximate surface area is 78.2 Å². The lowest BCUT2D eigenvalue weighted by molar-refractivity contribution is 0.134. The standard InChI is InChI=1S/C10H14N2O/c1-8(10(2)4-5-10)13-9-11-6-3-7-12-9/h3,6-8H,4-5H2,1-2H3. The van der Waals surface area contributed by atoms with Crippen LogP contribution in [0.15, 0.2) is 18.5 Å². The molecule has 1 atom stereocenters. The summed E-state index contributed by atoms with van der Waals surface area (Å²) < 4.78 is 5.62. The highest BCUT2D eigenvalue weighted by atomic mass is 16.5. The van der Waals surface area contributed by atoms with Crippen LogP contribution in [0.25, 0.3) is 0 Å². The van der Waals surface area contributed by atoms with Gasteiger partial charge in [-0.1, -0.05) is 6.92 Å². The molecule has 2 rings (SSSR count). The van der Waals surface area contributed by atoms with E-state index in [9.17, 15) is 0 Å². The van der Waals surface area contributed by atoms with E-state index in [2.05, 4.69) is 23.8 Å². The van der Waals surface area contributed by atoms with Crippen molar-refractivity contribution in [2.75, 3.05) is 0 Å². The number of hydrogen-bond donors (Lipinski definition) is 0. The van der Waals surface area contributed by atoms with Crippen molar-refractivity contribution in [3.63, 3.8) is 0 Å². The summed E-state index contributed by atoms with van der Waals surface area (Å²) in [4.78, 5) is 8.05. The molecule has 13 heavy (non-hydrogen) atoms. The Hall–Kier alpha value is -1.12. The maximum atomic E-state index is 5.62. The highest BCUT2D eigenvalue weighted by Crippen LogP contribution is 2.48. The molecule has 0 bridgehead atoms. The van der Waals surface area contributed by atoms with E-state index < -0.39 is 0 Å². The van der Waals surface area contributed by atoms with Crippen LogP contribution in [0.4, 0.5) is 0 Å². The first-order chi connectivity index (χ1) is 6.21. The number of rotatable bonds is 3. The summed E-state index contributed by atoms with van der Waals surface area (Å²) in [5, 5.41) is 0. The van der Waals surface area contributed by atoms with Crippen molar-refractivity contribution in [1.82, 2.24) is 9.97 Å². The van der Waals surface area contributed by atoms with Crippen LogP contribution < -0.4 is 4.74 Å². The fourth-order valence-corrected chi connectivity index (χ4v) is 1.25. The van der Waals surface area contributed by atoms with E-state index >= 15 is 0 Å². The predicted molar refractivity (Wildman–Crippen MR) is 49.5 cm³/mol. The summed E-state index contributed by atoms with van der Waals surface area (Å²) in [5.41, 5.74) is 0.360. The number of aromatic nitrogens is 2. The van der Waals surface area contributed by atoms with Gasteiger partial charge in [-0.15, -0.1) is 0 Å². The van der Waals surface area contributed by atoms with Crippen LogP contribution in [-0.2, 0) is 0 Å². The van der Waals surface area contributed by atoms with E-state index in [0.717, 1.165) is 0 Å². The minimum atomic E-state index is 0.217. The van der Waals surface area contributed by atoms with Crippen LogP contribution in [-0.4, -0.2) is 16.1 Å². The van der Waals surface area contributed by atoms with Crippen molar-refractivity contribution in [2.24, 2.45) is 5.41 Å². The number of nitrogens with zero attached hydrogens (tertiary/aromatic N) is 2. The summed E-state index contributed by atoms with van der Waals surface area (Å²) in [7, 11) is 0. The molecular formula is C10H14N2O. The molecular weight excluding hydrogens is 164 g/mol. The maximum absolute atomic E-state index is 5.62. The molecule has 1 saturated carbocycles. The van der Waals surface area contributed by atoms with Gasteiger partial charge < -0.3 is 4.74 Å². The van der Waals surface area contributed by atoms with Crippen molar-refractivity contribution in [3.05, 3.63) is 18.5 Å². The third-order valence-corrected chi connectivity index (χ3v) is 2.84. The molecule has 1 aromatic heterocycles. The van der Waals surface area contributed by atoms with E-state index in [1.807, 2.05) is 0 Å². The molecule has 0 aromatic carbocycles. The van der Waals surface area contributed by atoms with Gasteiger partial charge >= 0.3 is 6.01 Å². The van der Waals surface area contributed by atoms with Gasteiger partial charge in [0.1, 0.15) is 6.10 Å². The summed E-state index contributed by atoms with van der Waals surface area (Å²) >= 11 is 0. The lowest BCUT2D eigenvalue weighted by Gasteiger charge is -2.18. The molecule has 1 fully saturated rings. The maximum Gasteiger partial charge on any atom is 0.316 e. The fourth-order valence-electron chi connectivity index (χ4n) is 1.25. The monoisotopic (exact) mass is 178 g/mol. The van der Waals surface area contributed by atoms with Crippen molar-refractivity contribution >= 4 is 0 Å². The molecule has 1 aliphatic rings. The Balaban J connectivity index is 1.98. The topological polar surface area (TPSA) is 35.0 Å². The van der Waals surface area contributed by atoms with Crippen LogP contribution in [0.2, 0.25) is 0 Å². The van der Waals surface area contributed by atoms with Gasteiger partial charge in [0.05, 0.1) is 0 Å². The molecule has 1 aliphatic carbocycles. The van der Waals surface area contributed by atoms with Gasteiger partial charge in [-0.05, 0) is 25.8 Å². The third-order valence-electron chi connectivity index (χ3n) is 2.84. The minimum Gasteiger partial charge on any atom is -0.460 e. The van der Waals surface area contributed by atoms with Crippen molar-refractivity contribution < 1.29 is 4.74 Å². The zero-order chi connectivity index (χ0) is 9.31. The van der Waals surface area contributed by atoms with Gasteiger partial charge in [-0.2, -0.15) is 0 Å². The lowest BCUT2D eigenvalue weighted by atomic mass is 10.0. The van der Waals surface area contributed by atoms with E-state index in [4.69, 9.17) is 4.74 Å². The quantitative estimate of drug-likeness (QED) is 0.710. The first-order valence-electron chi connectivity index (χ1n) is 4.64. The zero-order valence-corrected chi connectivity index (χ0v) is 8.03. The largest absolute Gasteiger partial charge is 0.460 e. The first kappa shape index (κ1) is 8.48. The van der Waals surface area contributed by atoms with Crippen molar-refractivity contribution in [2.45, 2.75) is 32.8 Å². The Kier molecular flexibility index (Phi) is 1.94. The van der Waals surface area contributed by atoms with E-state index in [0.29, 0.717) is 11.4 Å². The van der Waals surface area contributed by atoms with E-state index in [1.165, 1.54) is 12.8 Å². The number of hydrogen-bond acceptors (Lipinski definition) is 3. The molecule has 70 valence electrons. The molecule has 3 nitrogen and oxygen atoms in total. The summed E-state index contributed by atoms with van der Waals surface area (Å²) in [6.07, 6.45) is 6.12. The Morgan fingerprint density at radius 1 is 1.38 bits per heavy atom. The van der Waals surface area contributed by atoms with Crippen molar-refractivity contribution in [3.8, 4) is 6.01 Å². The number of ether oxygens (including phenoxy) is 1. The second-order valence-corrected chi connectivity index (χ2v) is 3.95. The molecule has 0 spiro atoms. The lowest BCUT2D eigenvalue weighted by Crippen LogP contribution is -2.23. The minimum absolute atomic E-state index is 0.217. The van der Waals surface area contributed by atoms with E-state index in [-0.39, 0.29) is 6.10 Å². The van der Waals surface area contributed by atoms with Gasteiger partial charge in [-0.3, -0.25) is 0 Å². The van der Waals surface area contributed by atoms with Crippen LogP contribution in [0.5, 0.6) is 6.01 Å². The second kappa shape index (κ2) is 2.98. The zero-order valence-electron chi connectivity index (χ0n) is 8.03. The molecule has 0 saturated heterocycles. The van der Waals surface area contributed by atoms with Crippen LogP contribution in [0.1, 0.15) is 26.7 Å². The summed E-state index contributed by atoms with van der Waals surface area (Å²) in [5.74, 6) is 0. The highest BCUT2D eigenvalue weighted by Gasteiger charge is 2.44. The highest BCUT2D eigenvalue weighted by molar-refractivity contribution is 5.00. The molecule has 3 heteroatoms. The Morgan fingerprint density at radius 3 is 2.54 bits per heavy atom. The van der Waals surface area contributed by atoms with Gasteiger partial charge in [0.15, 0.2) is 0 Å². The Bertz CT molecular complexity index is 282. The Morgan fingerprint density at radius 2 is 2.00 bits per heavy atom. The van der Waals surface area contributed by atoms with Crippen LogP contribution in [0.3, 0.4) is 0 Å². The first-order valence-corrected chi connectivity index (χ1v) is 4.64. The summed E-state index contributed by atoms with van der Waals surface area (Å²) in [6, 6.07) is 2.28. The predicted octanol–water partition coefficient (Wildman–Crippen LogP) is 2.04. The van der Waals surface area contributed by atoms with Crippen molar-refractivity contribution in [1.29, 1.82) is 0 Å². The van der Waals surface area contributed by atoms with Crippen LogP contribution in [0, 0.1) is 5.41 Å². The molecule has 0 amide bonds. The van der Waals surface area contributed by atoms with E-state index in [1.54, 1.807) is 18.5 Å². The van der Waals surface area contributed by atoms with Crippen LogP contribution >= 0.6 is 0 Å². The smallest absolute Gasteiger partial charge is 0.316 e. The van der Waals surface area contributed by atoms with Gasteiger partial charge in [0, 0.05) is 17.8 Å². The summed E-state index contributed by atoms with van der Waals surface area (Å²) in [6.45, 7) is 4.32. The molecule has 1 heterocycles. The van der Waals surface area contributed by atoms with Gasteiger partial charge in [0.25, 0.3) is 0 Å². The second-order valence-electron chi connectivity index (χ2n) is 3.95. The molecule has 0 radical (unpaired) electrons. The SMILES string of the molecule is CC(Oc1ncccn1)C1(C)CC1. The normalized spacial score (nSPS) is 20.8. The molecule has 1 unspecified atom stereocenters. The fraction of sp³-hybridized carbons (Fsp3) is 0.600. The molecule has 1 aromatic rings. The molecule has 0 N–H and O–H groups in total. The third kappa shape index (κ3) is 1.79. The van der Waals surface area contributed by atoms with Gasteiger partial charge in [0.2, 0.25) is 0 Å².